The number of likely N-dealkylation sites (N-methyl/N-ethyl adjacent to an activating group) is 1. The number of benzene rings is 2. The molecule has 2 aliphatic heterocycles. The minimum absolute atomic E-state index is 0.0344. The SMILES string of the molecule is Cc1[nH]c(/C=C2\C(=O)Nc3ccc(-c4cnc(-c5ccccc5)o4)cc32)c(C)c1C(=O)N1CCN(C)CC1. The maximum atomic E-state index is 13.3. The predicted octanol–water partition coefficient (Wildman–Crippen LogP) is 4.83. The van der Waals surface area contributed by atoms with Gasteiger partial charge in [-0.3, -0.25) is 9.59 Å². The Morgan fingerprint density at radius 1 is 1.03 bits per heavy atom. The largest absolute Gasteiger partial charge is 0.436 e. The van der Waals surface area contributed by atoms with Crippen molar-refractivity contribution >= 4 is 29.2 Å². The first-order chi connectivity index (χ1) is 18.4. The number of H-pyrrole nitrogens is 1. The first-order valence-electron chi connectivity index (χ1n) is 12.7. The molecule has 0 saturated carbocycles. The first kappa shape index (κ1) is 23.9. The van der Waals surface area contributed by atoms with Crippen LogP contribution in [0.5, 0.6) is 0 Å². The lowest BCUT2D eigenvalue weighted by molar-refractivity contribution is -0.110. The average Bonchev–Trinajstić information content (AvgIpc) is 3.61. The predicted molar refractivity (Wildman–Crippen MR) is 148 cm³/mol. The van der Waals surface area contributed by atoms with Crippen molar-refractivity contribution in [2.75, 3.05) is 38.5 Å². The minimum atomic E-state index is -0.182. The van der Waals surface area contributed by atoms with E-state index in [4.69, 9.17) is 4.42 Å². The van der Waals surface area contributed by atoms with E-state index in [0.717, 1.165) is 52.4 Å². The second-order valence-electron chi connectivity index (χ2n) is 9.93. The van der Waals surface area contributed by atoms with Crippen LogP contribution in [0.15, 0.2) is 59.1 Å². The van der Waals surface area contributed by atoms with E-state index in [9.17, 15) is 9.59 Å². The van der Waals surface area contributed by atoms with Crippen LogP contribution < -0.4 is 5.32 Å². The van der Waals surface area contributed by atoms with Crippen molar-refractivity contribution in [1.29, 1.82) is 0 Å². The zero-order valence-electron chi connectivity index (χ0n) is 21.7. The second kappa shape index (κ2) is 9.46. The van der Waals surface area contributed by atoms with E-state index in [2.05, 4.69) is 27.2 Å². The highest BCUT2D eigenvalue weighted by Gasteiger charge is 2.28. The van der Waals surface area contributed by atoms with Gasteiger partial charge in [-0.15, -0.1) is 0 Å². The van der Waals surface area contributed by atoms with Crippen molar-refractivity contribution in [3.8, 4) is 22.8 Å². The van der Waals surface area contributed by atoms with E-state index in [-0.39, 0.29) is 11.8 Å². The fourth-order valence-electron chi connectivity index (χ4n) is 5.16. The molecule has 2 aliphatic rings. The third-order valence-electron chi connectivity index (χ3n) is 7.38. The van der Waals surface area contributed by atoms with Crippen LogP contribution in [0.1, 0.15) is 32.9 Å². The molecule has 0 aliphatic carbocycles. The van der Waals surface area contributed by atoms with Crippen molar-refractivity contribution in [2.24, 2.45) is 0 Å². The number of piperazine rings is 1. The Morgan fingerprint density at radius 3 is 2.55 bits per heavy atom. The first-order valence-corrected chi connectivity index (χ1v) is 12.7. The molecule has 38 heavy (non-hydrogen) atoms. The number of anilines is 1. The van der Waals surface area contributed by atoms with Crippen LogP contribution in [0.25, 0.3) is 34.4 Å². The molecule has 1 saturated heterocycles. The quantitative estimate of drug-likeness (QED) is 0.386. The molecule has 2 N–H and O–H groups in total. The van der Waals surface area contributed by atoms with Gasteiger partial charge in [0.25, 0.3) is 11.8 Å². The number of rotatable bonds is 4. The number of fused-ring (bicyclic) bond motifs is 1. The average molecular weight is 508 g/mol. The summed E-state index contributed by atoms with van der Waals surface area (Å²) in [5, 5.41) is 2.95. The van der Waals surface area contributed by atoms with Crippen LogP contribution in [0.3, 0.4) is 0 Å². The Bertz CT molecular complexity index is 1570. The lowest BCUT2D eigenvalue weighted by atomic mass is 10.0. The number of hydrogen-bond acceptors (Lipinski definition) is 5. The van der Waals surface area contributed by atoms with E-state index < -0.39 is 0 Å². The van der Waals surface area contributed by atoms with Gasteiger partial charge in [0.05, 0.1) is 17.3 Å². The molecule has 192 valence electrons. The number of hydrogen-bond donors (Lipinski definition) is 2. The summed E-state index contributed by atoms with van der Waals surface area (Å²) in [6.45, 7) is 6.99. The Kier molecular flexibility index (Phi) is 5.96. The van der Waals surface area contributed by atoms with Gasteiger partial charge in [0.2, 0.25) is 5.89 Å². The van der Waals surface area contributed by atoms with Crippen molar-refractivity contribution in [1.82, 2.24) is 19.8 Å². The third kappa shape index (κ3) is 4.22. The Balaban J connectivity index is 1.32. The Morgan fingerprint density at radius 2 is 1.79 bits per heavy atom. The monoisotopic (exact) mass is 507 g/mol. The maximum absolute atomic E-state index is 13.3. The van der Waals surface area contributed by atoms with Gasteiger partial charge in [-0.25, -0.2) is 4.98 Å². The molecule has 1 fully saturated rings. The molecular weight excluding hydrogens is 478 g/mol. The summed E-state index contributed by atoms with van der Waals surface area (Å²) in [5.41, 5.74) is 6.87. The van der Waals surface area contributed by atoms with Gasteiger partial charge in [-0.1, -0.05) is 18.2 Å². The fraction of sp³-hybridized carbons (Fsp3) is 0.233. The van der Waals surface area contributed by atoms with Crippen molar-refractivity contribution < 1.29 is 14.0 Å². The molecular formula is C30H29N5O3. The van der Waals surface area contributed by atoms with Crippen molar-refractivity contribution in [2.45, 2.75) is 13.8 Å². The Labute approximate surface area is 221 Å². The maximum Gasteiger partial charge on any atom is 0.256 e. The van der Waals surface area contributed by atoms with E-state index >= 15 is 0 Å². The zero-order valence-corrected chi connectivity index (χ0v) is 21.7. The minimum Gasteiger partial charge on any atom is -0.436 e. The highest BCUT2D eigenvalue weighted by atomic mass is 16.4. The van der Waals surface area contributed by atoms with Gasteiger partial charge in [-0.2, -0.15) is 0 Å². The van der Waals surface area contributed by atoms with Crippen LogP contribution in [-0.2, 0) is 4.79 Å². The van der Waals surface area contributed by atoms with Crippen LogP contribution in [0, 0.1) is 13.8 Å². The van der Waals surface area contributed by atoms with Gasteiger partial charge in [0.1, 0.15) is 0 Å². The van der Waals surface area contributed by atoms with Gasteiger partial charge in [0, 0.05) is 59.9 Å². The van der Waals surface area contributed by atoms with E-state index in [1.165, 1.54) is 0 Å². The molecule has 8 heteroatoms. The number of amides is 2. The summed E-state index contributed by atoms with van der Waals surface area (Å²) in [6, 6.07) is 15.5. The number of carbonyl (C=O) groups is 2. The van der Waals surface area contributed by atoms with Crippen LogP contribution in [0.4, 0.5) is 5.69 Å². The molecule has 0 bridgehead atoms. The van der Waals surface area contributed by atoms with E-state index in [0.29, 0.717) is 35.9 Å². The molecule has 0 unspecified atom stereocenters. The van der Waals surface area contributed by atoms with Crippen LogP contribution in [0.2, 0.25) is 0 Å². The van der Waals surface area contributed by atoms with Gasteiger partial charge >= 0.3 is 0 Å². The summed E-state index contributed by atoms with van der Waals surface area (Å²) < 4.78 is 6.04. The summed E-state index contributed by atoms with van der Waals surface area (Å²) in [5.74, 6) is 1.02. The normalized spacial score (nSPS) is 16.7. The van der Waals surface area contributed by atoms with Crippen LogP contribution >= 0.6 is 0 Å². The second-order valence-corrected chi connectivity index (χ2v) is 9.93. The topological polar surface area (TPSA) is 94.5 Å². The van der Waals surface area contributed by atoms with Gasteiger partial charge < -0.3 is 24.5 Å². The molecule has 0 atom stereocenters. The number of aromatic nitrogens is 2. The molecule has 2 amide bonds. The highest BCUT2D eigenvalue weighted by Crippen LogP contribution is 2.37. The molecule has 4 aromatic rings. The number of carbonyl (C=O) groups excluding carboxylic acids is 2. The molecule has 2 aromatic heterocycles. The van der Waals surface area contributed by atoms with Gasteiger partial charge in [0.15, 0.2) is 5.76 Å². The molecule has 0 radical (unpaired) electrons. The molecule has 6 rings (SSSR count). The number of nitrogens with one attached hydrogen (secondary N) is 2. The standard InChI is InChI=1S/C30H29N5O3/c1-18-25(32-19(2)27(18)30(37)35-13-11-34(3)12-14-35)16-23-22-15-21(9-10-24(22)33-28(23)36)26-17-31-29(38-26)20-7-5-4-6-8-20/h4-10,15-17,32H,11-14H2,1-3H3,(H,33,36)/b23-16-. The summed E-state index contributed by atoms with van der Waals surface area (Å²) >= 11 is 0. The lowest BCUT2D eigenvalue weighted by Crippen LogP contribution is -2.47. The smallest absolute Gasteiger partial charge is 0.256 e. The zero-order chi connectivity index (χ0) is 26.4. The van der Waals surface area contributed by atoms with Gasteiger partial charge in [-0.05, 0) is 62.9 Å². The number of nitrogens with zero attached hydrogens (tertiary/aromatic N) is 3. The summed E-state index contributed by atoms with van der Waals surface area (Å²) in [4.78, 5) is 38.2. The van der Waals surface area contributed by atoms with Crippen LogP contribution in [-0.4, -0.2) is 64.8 Å². The lowest BCUT2D eigenvalue weighted by Gasteiger charge is -2.32. The van der Waals surface area contributed by atoms with E-state index in [1.54, 1.807) is 6.20 Å². The molecule has 0 spiro atoms. The Hall–Kier alpha value is -4.43. The number of oxazole rings is 1. The number of aryl methyl sites for hydroxylation is 1. The number of aromatic amines is 1. The van der Waals surface area contributed by atoms with Crippen molar-refractivity contribution in [3.05, 3.63) is 82.8 Å². The molecule has 2 aromatic carbocycles. The molecule has 4 heterocycles. The highest BCUT2D eigenvalue weighted by molar-refractivity contribution is 6.35. The fourth-order valence-corrected chi connectivity index (χ4v) is 5.16. The summed E-state index contributed by atoms with van der Waals surface area (Å²) in [6.07, 6.45) is 3.54. The van der Waals surface area contributed by atoms with Crippen molar-refractivity contribution in [3.63, 3.8) is 0 Å². The third-order valence-corrected chi connectivity index (χ3v) is 7.38. The summed E-state index contributed by atoms with van der Waals surface area (Å²) in [7, 11) is 2.07. The van der Waals surface area contributed by atoms with E-state index in [1.807, 2.05) is 73.4 Å². The molecule has 8 nitrogen and oxygen atoms in total.